The molecule has 0 saturated carbocycles. The van der Waals surface area contributed by atoms with Crippen molar-refractivity contribution in [2.24, 2.45) is 0 Å². The molecule has 0 radical (unpaired) electrons. The maximum atomic E-state index is 13.4. The Morgan fingerprint density at radius 1 is 0.882 bits per heavy atom. The highest BCUT2D eigenvalue weighted by atomic mass is 16.3. The summed E-state index contributed by atoms with van der Waals surface area (Å²) < 4.78 is 6.11. The zero-order valence-corrected chi connectivity index (χ0v) is 19.0. The average Bonchev–Trinajstić information content (AvgIpc) is 3.15. The fraction of sp³-hybridized carbons (Fsp3) is 0.192. The lowest BCUT2D eigenvalue weighted by molar-refractivity contribution is 0.0888. The van der Waals surface area contributed by atoms with Gasteiger partial charge in [-0.15, -0.1) is 0 Å². The molecule has 0 saturated heterocycles. The van der Waals surface area contributed by atoms with Crippen molar-refractivity contribution in [3.8, 4) is 45.4 Å². The minimum absolute atomic E-state index is 0.0726. The summed E-state index contributed by atoms with van der Waals surface area (Å²) in [4.78, 5) is 15.2. The average molecular weight is 463 g/mol. The molecule has 8 nitrogen and oxygen atoms in total. The van der Waals surface area contributed by atoms with Crippen molar-refractivity contribution in [1.82, 2.24) is 10.2 Å². The number of rotatable bonds is 6. The summed E-state index contributed by atoms with van der Waals surface area (Å²) >= 11 is 0. The van der Waals surface area contributed by atoms with Gasteiger partial charge in [0.25, 0.3) is 5.91 Å². The summed E-state index contributed by atoms with van der Waals surface area (Å²) in [5, 5.41) is 43.8. The van der Waals surface area contributed by atoms with Gasteiger partial charge in [0, 0.05) is 28.6 Å². The number of nitrogens with one attached hydrogen (secondary N) is 1. The van der Waals surface area contributed by atoms with Crippen LogP contribution in [0, 0.1) is 0 Å². The zero-order chi connectivity index (χ0) is 24.6. The van der Waals surface area contributed by atoms with Crippen molar-refractivity contribution < 1.29 is 29.6 Å². The van der Waals surface area contributed by atoms with Crippen LogP contribution in [0.1, 0.15) is 23.7 Å². The maximum absolute atomic E-state index is 13.4. The summed E-state index contributed by atoms with van der Waals surface area (Å²) in [6.07, 6.45) is 0.430. The Kier molecular flexibility index (Phi) is 6.08. The van der Waals surface area contributed by atoms with E-state index in [0.29, 0.717) is 34.3 Å². The molecule has 1 aromatic heterocycles. The van der Waals surface area contributed by atoms with Crippen LogP contribution >= 0.6 is 0 Å². The number of amides is 1. The smallest absolute Gasteiger partial charge is 0.253 e. The molecule has 1 heterocycles. The Balaban J connectivity index is 2.03. The van der Waals surface area contributed by atoms with Crippen molar-refractivity contribution in [2.75, 3.05) is 14.1 Å². The Hall–Kier alpha value is -4.17. The van der Waals surface area contributed by atoms with Gasteiger partial charge in [-0.1, -0.05) is 6.92 Å². The van der Waals surface area contributed by atoms with Crippen molar-refractivity contribution >= 4 is 16.9 Å². The first kappa shape index (κ1) is 23.0. The topological polar surface area (TPSA) is 126 Å². The molecule has 8 heteroatoms. The highest BCUT2D eigenvalue weighted by Crippen LogP contribution is 2.45. The molecule has 0 aliphatic heterocycles. The molecule has 176 valence electrons. The lowest BCUT2D eigenvalue weighted by atomic mass is 9.95. The first-order valence-electron chi connectivity index (χ1n) is 10.8. The molecule has 0 aliphatic rings. The monoisotopic (exact) mass is 462 g/mol. The summed E-state index contributed by atoms with van der Waals surface area (Å²) in [6.45, 7) is 1.95. The molecule has 1 amide bonds. The number of nitrogens with zero attached hydrogens (tertiary/aromatic N) is 1. The predicted octanol–water partition coefficient (Wildman–Crippen LogP) is 4.62. The van der Waals surface area contributed by atoms with Crippen molar-refractivity contribution in [3.63, 3.8) is 0 Å². The molecule has 5 N–H and O–H groups in total. The van der Waals surface area contributed by atoms with Crippen molar-refractivity contribution in [3.05, 3.63) is 60.2 Å². The third kappa shape index (κ3) is 4.35. The number of carbonyl (C=O) groups excluding carboxylic acids is 1. The zero-order valence-electron chi connectivity index (χ0n) is 19.0. The molecule has 1 atom stereocenters. The molecular weight excluding hydrogens is 436 g/mol. The standard InChI is InChI=1S/C26H26N2O6/c1-4-22(28(2)3)27-26(33)20-12-19(32)13-21-24(20)23(15-9-17(30)11-18(31)10-15)25(34-21)14-5-7-16(29)8-6-14/h5-13,22,29-32H,4H2,1-3H3,(H,27,33). The second kappa shape index (κ2) is 8.99. The highest BCUT2D eigenvalue weighted by Gasteiger charge is 2.26. The Labute approximate surface area is 196 Å². The van der Waals surface area contributed by atoms with Crippen LogP contribution < -0.4 is 5.32 Å². The van der Waals surface area contributed by atoms with Gasteiger partial charge >= 0.3 is 0 Å². The number of fused-ring (bicyclic) bond motifs is 1. The Morgan fingerprint density at radius 3 is 2.09 bits per heavy atom. The van der Waals surface area contributed by atoms with E-state index in [-0.39, 0.29) is 40.3 Å². The fourth-order valence-electron chi connectivity index (χ4n) is 4.05. The first-order valence-corrected chi connectivity index (χ1v) is 10.8. The molecule has 0 bridgehead atoms. The van der Waals surface area contributed by atoms with Gasteiger partial charge in [-0.25, -0.2) is 0 Å². The van der Waals surface area contributed by atoms with Crippen LogP contribution in [0.15, 0.2) is 59.0 Å². The van der Waals surface area contributed by atoms with Crippen LogP contribution in [-0.2, 0) is 0 Å². The van der Waals surface area contributed by atoms with Gasteiger partial charge in [0.15, 0.2) is 0 Å². The quantitative estimate of drug-likeness (QED) is 0.265. The number of furan rings is 1. The van der Waals surface area contributed by atoms with Gasteiger partial charge in [-0.2, -0.15) is 0 Å². The SMILES string of the molecule is CCC(NC(=O)c1cc(O)cc2oc(-c3ccc(O)cc3)c(-c3cc(O)cc(O)c3)c12)N(C)C. The van der Waals surface area contributed by atoms with E-state index in [9.17, 15) is 25.2 Å². The molecular formula is C26H26N2O6. The second-order valence-electron chi connectivity index (χ2n) is 8.32. The van der Waals surface area contributed by atoms with Crippen LogP contribution in [0.5, 0.6) is 23.0 Å². The van der Waals surface area contributed by atoms with Crippen molar-refractivity contribution in [2.45, 2.75) is 19.5 Å². The maximum Gasteiger partial charge on any atom is 0.253 e. The number of hydrogen-bond acceptors (Lipinski definition) is 7. The van der Waals surface area contributed by atoms with E-state index >= 15 is 0 Å². The van der Waals surface area contributed by atoms with Gasteiger partial charge < -0.3 is 30.2 Å². The normalized spacial score (nSPS) is 12.2. The van der Waals surface area contributed by atoms with Crippen molar-refractivity contribution in [1.29, 1.82) is 0 Å². The lowest BCUT2D eigenvalue weighted by Crippen LogP contribution is -2.44. The summed E-state index contributed by atoms with van der Waals surface area (Å²) in [5.41, 5.74) is 1.90. The van der Waals surface area contributed by atoms with E-state index in [1.807, 2.05) is 25.9 Å². The number of phenols is 4. The predicted molar refractivity (Wildman–Crippen MR) is 129 cm³/mol. The second-order valence-corrected chi connectivity index (χ2v) is 8.32. The molecule has 4 rings (SSSR count). The van der Waals surface area contributed by atoms with Crippen LogP contribution in [-0.4, -0.2) is 51.5 Å². The number of aromatic hydroxyl groups is 4. The minimum Gasteiger partial charge on any atom is -0.508 e. The summed E-state index contributed by atoms with van der Waals surface area (Å²) in [6, 6.07) is 13.2. The molecule has 3 aromatic carbocycles. The third-order valence-electron chi connectivity index (χ3n) is 5.65. The number of hydrogen-bond donors (Lipinski definition) is 5. The molecule has 0 spiro atoms. The van der Waals surface area contributed by atoms with Gasteiger partial charge in [-0.05, 0) is 68.5 Å². The van der Waals surface area contributed by atoms with E-state index in [2.05, 4.69) is 5.32 Å². The van der Waals surface area contributed by atoms with Crippen LogP contribution in [0.3, 0.4) is 0 Å². The molecule has 1 unspecified atom stereocenters. The van der Waals surface area contributed by atoms with Gasteiger partial charge in [0.05, 0.1) is 11.7 Å². The van der Waals surface area contributed by atoms with E-state index < -0.39 is 5.91 Å². The number of benzene rings is 3. The largest absolute Gasteiger partial charge is 0.508 e. The van der Waals surface area contributed by atoms with E-state index in [4.69, 9.17) is 4.42 Å². The summed E-state index contributed by atoms with van der Waals surface area (Å²) in [5.74, 6) is -0.464. The van der Waals surface area contributed by atoms with Crippen LogP contribution in [0.2, 0.25) is 0 Å². The lowest BCUT2D eigenvalue weighted by Gasteiger charge is -2.24. The Bertz CT molecular complexity index is 1340. The van der Waals surface area contributed by atoms with Gasteiger partial charge in [0.1, 0.15) is 34.3 Å². The molecule has 34 heavy (non-hydrogen) atoms. The minimum atomic E-state index is -0.412. The van der Waals surface area contributed by atoms with Gasteiger partial charge in [-0.3, -0.25) is 9.69 Å². The van der Waals surface area contributed by atoms with E-state index in [1.165, 1.54) is 42.5 Å². The number of carbonyl (C=O) groups is 1. The van der Waals surface area contributed by atoms with Crippen LogP contribution in [0.4, 0.5) is 0 Å². The fourth-order valence-corrected chi connectivity index (χ4v) is 4.05. The first-order chi connectivity index (χ1) is 16.2. The van der Waals surface area contributed by atoms with Crippen LogP contribution in [0.25, 0.3) is 33.4 Å². The molecule has 4 aromatic rings. The summed E-state index contributed by atoms with van der Waals surface area (Å²) in [7, 11) is 3.71. The van der Waals surface area contributed by atoms with E-state index in [0.717, 1.165) is 0 Å². The molecule has 0 fully saturated rings. The Morgan fingerprint density at radius 2 is 1.50 bits per heavy atom. The third-order valence-corrected chi connectivity index (χ3v) is 5.65. The highest BCUT2D eigenvalue weighted by molar-refractivity contribution is 6.14. The molecule has 0 aliphatic carbocycles. The number of phenolic OH excluding ortho intramolecular Hbond substituents is 4. The van der Waals surface area contributed by atoms with E-state index in [1.54, 1.807) is 12.1 Å². The van der Waals surface area contributed by atoms with Gasteiger partial charge in [0.2, 0.25) is 0 Å².